The highest BCUT2D eigenvalue weighted by Crippen LogP contribution is 2.43. The highest BCUT2D eigenvalue weighted by atomic mass is 32.1. The van der Waals surface area contributed by atoms with Gasteiger partial charge in [-0.15, -0.1) is 0 Å². The van der Waals surface area contributed by atoms with Gasteiger partial charge in [-0.05, 0) is 69.9 Å². The molecule has 0 amide bonds. The minimum Gasteiger partial charge on any atom is -0.468 e. The highest BCUT2D eigenvalue weighted by molar-refractivity contribution is 7.80. The molecule has 0 spiro atoms. The van der Waals surface area contributed by atoms with Crippen LogP contribution in [0.15, 0.2) is 72.8 Å². The molecule has 0 unspecified atom stereocenters. The molecule has 1 aliphatic rings. The van der Waals surface area contributed by atoms with E-state index in [0.29, 0.717) is 11.8 Å². The maximum absolute atomic E-state index is 5.91. The lowest BCUT2D eigenvalue weighted by Gasteiger charge is -2.33. The van der Waals surface area contributed by atoms with Gasteiger partial charge in [0.1, 0.15) is 12.1 Å². The number of rotatable bonds is 2. The fraction of sp³-hybridized carbons (Fsp3) is 0.160. The highest BCUT2D eigenvalue weighted by Gasteiger charge is 2.45. The summed E-state index contributed by atoms with van der Waals surface area (Å²) in [7, 11) is 0. The molecule has 1 N–H and O–H groups in total. The number of fused-ring (bicyclic) bond motifs is 2. The van der Waals surface area contributed by atoms with Gasteiger partial charge in [0.2, 0.25) is 0 Å². The molecule has 0 radical (unpaired) electrons. The molecule has 0 bridgehead atoms. The zero-order valence-corrected chi connectivity index (χ0v) is 16.8. The molecule has 0 saturated carbocycles. The molecule has 1 heterocycles. The second-order valence-corrected chi connectivity index (χ2v) is 7.93. The van der Waals surface area contributed by atoms with Gasteiger partial charge in [-0.25, -0.2) is 0 Å². The van der Waals surface area contributed by atoms with E-state index in [1.54, 1.807) is 0 Å². The Morgan fingerprint density at radius 2 is 1.25 bits per heavy atom. The minimum atomic E-state index is -0.521. The molecule has 1 fully saturated rings. The summed E-state index contributed by atoms with van der Waals surface area (Å²) in [6.07, 6.45) is 0. The Kier molecular flexibility index (Phi) is 3.88. The van der Waals surface area contributed by atoms with E-state index in [0.717, 1.165) is 0 Å². The zero-order valence-electron chi connectivity index (χ0n) is 16.0. The summed E-state index contributed by atoms with van der Waals surface area (Å²) in [6, 6.07) is 25.9. The Balaban J connectivity index is 1.94. The quantitative estimate of drug-likeness (QED) is 0.445. The van der Waals surface area contributed by atoms with E-state index >= 15 is 0 Å². The molecule has 3 heteroatoms. The Morgan fingerprint density at radius 1 is 0.750 bits per heavy atom. The van der Waals surface area contributed by atoms with Crippen LogP contribution in [-0.2, 0) is 10.3 Å². The molecule has 138 valence electrons. The molecule has 0 atom stereocenters. The van der Waals surface area contributed by atoms with Crippen LogP contribution in [0.4, 0.5) is 0 Å². The standard InChI is InChI=1S/C25H21NOS/c1-16-11-13-18-7-3-5-9-20(18)22(16)25(15-27-24(28)26-25)23-17(2)12-14-19-8-4-6-10-21(19)23/h3-14H,15H2,1-2H3,(H,26,28). The van der Waals surface area contributed by atoms with Crippen molar-refractivity contribution in [2.45, 2.75) is 19.4 Å². The van der Waals surface area contributed by atoms with Crippen molar-refractivity contribution in [1.82, 2.24) is 5.32 Å². The van der Waals surface area contributed by atoms with Crippen molar-refractivity contribution in [2.75, 3.05) is 6.61 Å². The van der Waals surface area contributed by atoms with E-state index in [1.807, 2.05) is 0 Å². The van der Waals surface area contributed by atoms with Gasteiger partial charge >= 0.3 is 0 Å². The molecule has 1 aliphatic heterocycles. The van der Waals surface area contributed by atoms with Crippen molar-refractivity contribution in [3.8, 4) is 0 Å². The Hall–Kier alpha value is -2.91. The zero-order chi connectivity index (χ0) is 19.3. The third-order valence-corrected chi connectivity index (χ3v) is 6.08. The van der Waals surface area contributed by atoms with Crippen LogP contribution in [0.3, 0.4) is 0 Å². The summed E-state index contributed by atoms with van der Waals surface area (Å²) in [5.41, 5.74) is 4.42. The van der Waals surface area contributed by atoms with E-state index in [9.17, 15) is 0 Å². The van der Waals surface area contributed by atoms with Crippen LogP contribution in [-0.4, -0.2) is 11.8 Å². The minimum absolute atomic E-state index is 0.458. The summed E-state index contributed by atoms with van der Waals surface area (Å²) in [4.78, 5) is 0. The summed E-state index contributed by atoms with van der Waals surface area (Å²) < 4.78 is 5.91. The second-order valence-electron chi connectivity index (χ2n) is 7.56. The molecule has 0 aliphatic carbocycles. The van der Waals surface area contributed by atoms with Crippen LogP contribution in [0.1, 0.15) is 22.3 Å². The summed E-state index contributed by atoms with van der Waals surface area (Å²) in [5.74, 6) is 0. The van der Waals surface area contributed by atoms with Crippen LogP contribution in [0, 0.1) is 13.8 Å². The van der Waals surface area contributed by atoms with Gasteiger partial charge < -0.3 is 10.1 Å². The number of aryl methyl sites for hydroxylation is 2. The largest absolute Gasteiger partial charge is 0.468 e. The lowest BCUT2D eigenvalue weighted by molar-refractivity contribution is 0.296. The van der Waals surface area contributed by atoms with Crippen molar-refractivity contribution in [1.29, 1.82) is 0 Å². The third kappa shape index (κ3) is 2.43. The normalized spacial score (nSPS) is 15.6. The van der Waals surface area contributed by atoms with Gasteiger partial charge in [0.15, 0.2) is 0 Å². The van der Waals surface area contributed by atoms with Crippen LogP contribution in [0.25, 0.3) is 21.5 Å². The van der Waals surface area contributed by atoms with Crippen molar-refractivity contribution in [2.24, 2.45) is 0 Å². The Bertz CT molecular complexity index is 1160. The summed E-state index contributed by atoms with van der Waals surface area (Å²) in [5, 5.41) is 8.94. The van der Waals surface area contributed by atoms with Crippen molar-refractivity contribution in [3.63, 3.8) is 0 Å². The van der Waals surface area contributed by atoms with Gasteiger partial charge in [-0.2, -0.15) is 0 Å². The molecule has 0 aromatic heterocycles. The maximum Gasteiger partial charge on any atom is 0.257 e. The lowest BCUT2D eigenvalue weighted by Crippen LogP contribution is -2.43. The maximum atomic E-state index is 5.91. The Labute approximate surface area is 170 Å². The van der Waals surface area contributed by atoms with E-state index in [1.165, 1.54) is 43.8 Å². The fourth-order valence-corrected chi connectivity index (χ4v) is 4.94. The molecule has 5 rings (SSSR count). The monoisotopic (exact) mass is 383 g/mol. The van der Waals surface area contributed by atoms with Crippen LogP contribution in [0.5, 0.6) is 0 Å². The van der Waals surface area contributed by atoms with E-state index in [4.69, 9.17) is 17.0 Å². The van der Waals surface area contributed by atoms with E-state index in [2.05, 4.69) is 92.0 Å². The van der Waals surface area contributed by atoms with Crippen molar-refractivity contribution >= 4 is 38.9 Å². The number of benzene rings is 4. The molecule has 4 aromatic carbocycles. The molecule has 1 saturated heterocycles. The fourth-order valence-electron chi connectivity index (χ4n) is 4.71. The Morgan fingerprint density at radius 3 is 1.71 bits per heavy atom. The van der Waals surface area contributed by atoms with Crippen LogP contribution < -0.4 is 5.32 Å². The molecule has 4 aromatic rings. The van der Waals surface area contributed by atoms with Crippen molar-refractivity contribution < 1.29 is 4.74 Å². The first-order chi connectivity index (χ1) is 13.6. The van der Waals surface area contributed by atoms with E-state index < -0.39 is 5.54 Å². The van der Waals surface area contributed by atoms with Crippen molar-refractivity contribution in [3.05, 3.63) is 95.1 Å². The number of ether oxygens (including phenoxy) is 1. The summed E-state index contributed by atoms with van der Waals surface area (Å²) >= 11 is 5.47. The van der Waals surface area contributed by atoms with Gasteiger partial charge in [-0.1, -0.05) is 72.8 Å². The number of hydrogen-bond acceptors (Lipinski definition) is 2. The first-order valence-electron chi connectivity index (χ1n) is 9.53. The number of hydrogen-bond donors (Lipinski definition) is 1. The predicted octanol–water partition coefficient (Wildman–Crippen LogP) is 5.76. The van der Waals surface area contributed by atoms with Crippen LogP contribution >= 0.6 is 12.2 Å². The third-order valence-electron chi connectivity index (χ3n) is 5.86. The first-order valence-corrected chi connectivity index (χ1v) is 9.93. The van der Waals surface area contributed by atoms with Gasteiger partial charge in [0.25, 0.3) is 5.17 Å². The summed E-state index contributed by atoms with van der Waals surface area (Å²) in [6.45, 7) is 4.83. The molecule has 28 heavy (non-hydrogen) atoms. The SMILES string of the molecule is Cc1ccc2ccccc2c1C1(c2c(C)ccc3ccccc23)COC(=S)N1. The van der Waals surface area contributed by atoms with Gasteiger partial charge in [-0.3, -0.25) is 0 Å². The molecular weight excluding hydrogens is 362 g/mol. The van der Waals surface area contributed by atoms with Gasteiger partial charge in [0, 0.05) is 0 Å². The topological polar surface area (TPSA) is 21.3 Å². The van der Waals surface area contributed by atoms with Crippen LogP contribution in [0.2, 0.25) is 0 Å². The average Bonchev–Trinajstić information content (AvgIpc) is 3.09. The predicted molar refractivity (Wildman–Crippen MR) is 120 cm³/mol. The van der Waals surface area contributed by atoms with Gasteiger partial charge in [0.05, 0.1) is 0 Å². The van der Waals surface area contributed by atoms with E-state index in [-0.39, 0.29) is 0 Å². The lowest BCUT2D eigenvalue weighted by atomic mass is 9.75. The smallest absolute Gasteiger partial charge is 0.257 e. The number of nitrogens with one attached hydrogen (secondary N) is 1. The molecular formula is C25H21NOS. The average molecular weight is 384 g/mol. The second kappa shape index (κ2) is 6.32. The first kappa shape index (κ1) is 17.2. The number of thiocarbonyl (C=S) groups is 1. The molecule has 2 nitrogen and oxygen atoms in total.